The summed E-state index contributed by atoms with van der Waals surface area (Å²) >= 11 is 4.41. The van der Waals surface area contributed by atoms with E-state index in [1.54, 1.807) is 34.6 Å². The topological polar surface area (TPSA) is 99.1 Å². The Bertz CT molecular complexity index is 562. The van der Waals surface area contributed by atoms with E-state index in [0.29, 0.717) is 12.8 Å². The van der Waals surface area contributed by atoms with Gasteiger partial charge in [-0.15, -0.1) is 0 Å². The van der Waals surface area contributed by atoms with Gasteiger partial charge in [-0.3, -0.25) is 14.4 Å². The summed E-state index contributed by atoms with van der Waals surface area (Å²) in [6, 6.07) is 0. The van der Waals surface area contributed by atoms with E-state index in [1.165, 1.54) is 0 Å². The molecular weight excluding hydrogens is 408 g/mol. The molecule has 176 valence electrons. The summed E-state index contributed by atoms with van der Waals surface area (Å²) in [6.07, 6.45) is 1.97. The third-order valence-electron chi connectivity index (χ3n) is 5.29. The van der Waals surface area contributed by atoms with Crippen LogP contribution in [-0.4, -0.2) is 54.7 Å². The van der Waals surface area contributed by atoms with Gasteiger partial charge < -0.3 is 19.3 Å². The van der Waals surface area contributed by atoms with Crippen molar-refractivity contribution in [3.8, 4) is 0 Å². The van der Waals surface area contributed by atoms with Gasteiger partial charge >= 0.3 is 17.9 Å². The van der Waals surface area contributed by atoms with E-state index < -0.39 is 35.3 Å². The van der Waals surface area contributed by atoms with Crippen molar-refractivity contribution in [3.63, 3.8) is 0 Å². The fraction of sp³-hybridized carbons (Fsp3) is 0.864. The largest absolute Gasteiger partial charge is 0.465 e. The number of rotatable bonds is 14. The normalized spacial score (nSPS) is 15.8. The highest BCUT2D eigenvalue weighted by atomic mass is 32.1. The molecular formula is C22H40O7S. The van der Waals surface area contributed by atoms with Gasteiger partial charge in [-0.2, -0.15) is 12.6 Å². The van der Waals surface area contributed by atoms with Crippen LogP contribution >= 0.6 is 12.6 Å². The Kier molecular flexibility index (Phi) is 12.6. The predicted octanol–water partition coefficient (Wildman–Crippen LogP) is 3.42. The molecule has 7 nitrogen and oxygen atoms in total. The Morgan fingerprint density at radius 2 is 1.43 bits per heavy atom. The van der Waals surface area contributed by atoms with Crippen LogP contribution in [-0.2, 0) is 28.6 Å². The maximum Gasteiger partial charge on any atom is 0.311 e. The number of carbonyl (C=O) groups excluding carboxylic acids is 3. The van der Waals surface area contributed by atoms with Crippen molar-refractivity contribution >= 4 is 30.5 Å². The SMILES string of the molecule is CCC(S)CC(C)C(=O)OCC(CO)(COC(=O)C(C)C)COC(=O)C(C)(C)CC. The first-order valence-electron chi connectivity index (χ1n) is 10.6. The van der Waals surface area contributed by atoms with Crippen LogP contribution in [0.5, 0.6) is 0 Å². The molecule has 0 aromatic carbocycles. The molecule has 0 rings (SSSR count). The van der Waals surface area contributed by atoms with Gasteiger partial charge in [-0.1, -0.05) is 34.6 Å². The van der Waals surface area contributed by atoms with Gasteiger partial charge in [-0.25, -0.2) is 0 Å². The lowest BCUT2D eigenvalue weighted by atomic mass is 9.89. The second-order valence-electron chi connectivity index (χ2n) is 9.04. The molecule has 30 heavy (non-hydrogen) atoms. The van der Waals surface area contributed by atoms with E-state index in [9.17, 15) is 19.5 Å². The monoisotopic (exact) mass is 448 g/mol. The molecule has 0 heterocycles. The molecule has 3 unspecified atom stereocenters. The highest BCUT2D eigenvalue weighted by Crippen LogP contribution is 2.26. The number of hydrogen-bond acceptors (Lipinski definition) is 8. The standard InChI is InChI=1S/C22H40O7S/c1-8-17(30)10-16(5)19(25)28-13-22(11-23,12-27-18(24)15(3)4)14-29-20(26)21(6,7)9-2/h15-17,23,30H,8-14H2,1-7H3. The molecule has 0 aliphatic heterocycles. The van der Waals surface area contributed by atoms with Crippen molar-refractivity contribution in [1.82, 2.24) is 0 Å². The second kappa shape index (κ2) is 13.2. The van der Waals surface area contributed by atoms with Crippen LogP contribution in [0.2, 0.25) is 0 Å². The van der Waals surface area contributed by atoms with Crippen LogP contribution in [0.3, 0.4) is 0 Å². The van der Waals surface area contributed by atoms with E-state index >= 15 is 0 Å². The van der Waals surface area contributed by atoms with Crippen molar-refractivity contribution in [1.29, 1.82) is 0 Å². The fourth-order valence-corrected chi connectivity index (χ4v) is 2.56. The summed E-state index contributed by atoms with van der Waals surface area (Å²) in [7, 11) is 0. The highest BCUT2D eigenvalue weighted by Gasteiger charge is 2.38. The second-order valence-corrected chi connectivity index (χ2v) is 9.77. The lowest BCUT2D eigenvalue weighted by Gasteiger charge is -2.32. The first-order valence-corrected chi connectivity index (χ1v) is 11.1. The summed E-state index contributed by atoms with van der Waals surface area (Å²) in [6.45, 7) is 11.3. The van der Waals surface area contributed by atoms with Crippen molar-refractivity contribution in [3.05, 3.63) is 0 Å². The van der Waals surface area contributed by atoms with Crippen LogP contribution in [0.4, 0.5) is 0 Å². The van der Waals surface area contributed by atoms with E-state index in [1.807, 2.05) is 13.8 Å². The van der Waals surface area contributed by atoms with Crippen LogP contribution in [0, 0.1) is 22.7 Å². The highest BCUT2D eigenvalue weighted by molar-refractivity contribution is 7.80. The summed E-state index contributed by atoms with van der Waals surface area (Å²) in [4.78, 5) is 36.7. The molecule has 0 saturated heterocycles. The third-order valence-corrected chi connectivity index (χ3v) is 5.87. The molecule has 0 aromatic heterocycles. The molecule has 0 aliphatic carbocycles. The van der Waals surface area contributed by atoms with Crippen molar-refractivity contribution in [2.75, 3.05) is 26.4 Å². The average molecular weight is 449 g/mol. The molecule has 0 fully saturated rings. The van der Waals surface area contributed by atoms with Gasteiger partial charge in [0.05, 0.1) is 29.3 Å². The third kappa shape index (κ3) is 9.69. The Labute approximate surface area is 186 Å². The number of esters is 3. The Morgan fingerprint density at radius 3 is 1.87 bits per heavy atom. The number of aliphatic hydroxyl groups is 1. The van der Waals surface area contributed by atoms with Gasteiger partial charge in [0.1, 0.15) is 19.8 Å². The van der Waals surface area contributed by atoms with Crippen LogP contribution in [0.1, 0.15) is 67.7 Å². The van der Waals surface area contributed by atoms with Gasteiger partial charge in [0, 0.05) is 5.25 Å². The molecule has 0 aliphatic rings. The Hall–Kier alpha value is -1.28. The molecule has 1 N–H and O–H groups in total. The number of carbonyl (C=O) groups is 3. The van der Waals surface area contributed by atoms with E-state index in [0.717, 1.165) is 6.42 Å². The van der Waals surface area contributed by atoms with Crippen LogP contribution in [0.25, 0.3) is 0 Å². The minimum Gasteiger partial charge on any atom is -0.465 e. The minimum absolute atomic E-state index is 0.0828. The molecule has 0 aromatic rings. The number of thiol groups is 1. The van der Waals surface area contributed by atoms with Gasteiger partial charge in [-0.05, 0) is 33.1 Å². The molecule has 8 heteroatoms. The number of ether oxygens (including phenoxy) is 3. The van der Waals surface area contributed by atoms with E-state index in [2.05, 4.69) is 12.6 Å². The fourth-order valence-electron chi connectivity index (χ4n) is 2.25. The zero-order valence-corrected chi connectivity index (χ0v) is 20.4. The van der Waals surface area contributed by atoms with Crippen molar-refractivity contribution < 1.29 is 33.7 Å². The zero-order chi connectivity index (χ0) is 23.5. The zero-order valence-electron chi connectivity index (χ0n) is 19.5. The molecule has 3 atom stereocenters. The van der Waals surface area contributed by atoms with Crippen LogP contribution in [0.15, 0.2) is 0 Å². The molecule has 0 saturated carbocycles. The molecule has 0 radical (unpaired) electrons. The van der Waals surface area contributed by atoms with Crippen molar-refractivity contribution in [2.45, 2.75) is 73.0 Å². The maximum atomic E-state index is 12.4. The van der Waals surface area contributed by atoms with E-state index in [4.69, 9.17) is 14.2 Å². The average Bonchev–Trinajstić information content (AvgIpc) is 2.72. The first kappa shape index (κ1) is 28.7. The summed E-state index contributed by atoms with van der Waals surface area (Å²) in [5, 5.41) is 10.1. The smallest absolute Gasteiger partial charge is 0.311 e. The molecule has 0 bridgehead atoms. The Balaban J connectivity index is 5.26. The summed E-state index contributed by atoms with van der Waals surface area (Å²) in [5.74, 6) is -2.04. The van der Waals surface area contributed by atoms with Crippen LogP contribution < -0.4 is 0 Å². The Morgan fingerprint density at radius 1 is 0.933 bits per heavy atom. The minimum atomic E-state index is -1.23. The molecule has 0 amide bonds. The number of aliphatic hydroxyl groups excluding tert-OH is 1. The van der Waals surface area contributed by atoms with Gasteiger partial charge in [0.25, 0.3) is 0 Å². The maximum absolute atomic E-state index is 12.4. The van der Waals surface area contributed by atoms with E-state index in [-0.39, 0.29) is 36.9 Å². The number of hydrogen-bond donors (Lipinski definition) is 2. The lowest BCUT2D eigenvalue weighted by Crippen LogP contribution is -2.44. The van der Waals surface area contributed by atoms with Gasteiger partial charge in [0.15, 0.2) is 0 Å². The first-order chi connectivity index (χ1) is 13.8. The predicted molar refractivity (Wildman–Crippen MR) is 118 cm³/mol. The van der Waals surface area contributed by atoms with Gasteiger partial charge in [0.2, 0.25) is 0 Å². The lowest BCUT2D eigenvalue weighted by molar-refractivity contribution is -0.172. The van der Waals surface area contributed by atoms with Crippen molar-refractivity contribution in [2.24, 2.45) is 22.7 Å². The summed E-state index contributed by atoms with van der Waals surface area (Å²) in [5.41, 5.74) is -1.92. The molecule has 0 spiro atoms. The quantitative estimate of drug-likeness (QED) is 0.239. The summed E-state index contributed by atoms with van der Waals surface area (Å²) < 4.78 is 16.1.